The summed E-state index contributed by atoms with van der Waals surface area (Å²) in [6.07, 6.45) is 0.761. The molecule has 0 bridgehead atoms. The van der Waals surface area contributed by atoms with Gasteiger partial charge in [-0.1, -0.05) is 23.7 Å². The molecule has 1 rings (SSSR count). The number of rotatable bonds is 5. The Morgan fingerprint density at radius 1 is 1.65 bits per heavy atom. The smallest absolute Gasteiger partial charge is 0.180 e. The van der Waals surface area contributed by atoms with Crippen LogP contribution in [-0.2, 0) is 4.74 Å². The lowest BCUT2D eigenvalue weighted by Crippen LogP contribution is -2.29. The second-order valence-electron chi connectivity index (χ2n) is 3.60. The van der Waals surface area contributed by atoms with Crippen molar-refractivity contribution in [1.82, 2.24) is 5.17 Å². The molecule has 1 aromatic rings. The van der Waals surface area contributed by atoms with Gasteiger partial charge < -0.3 is 15.1 Å². The molecule has 1 aromatic carbocycles. The van der Waals surface area contributed by atoms with Crippen LogP contribution in [0.25, 0.3) is 0 Å². The van der Waals surface area contributed by atoms with Crippen LogP contribution in [0.15, 0.2) is 24.3 Å². The summed E-state index contributed by atoms with van der Waals surface area (Å²) in [6, 6.07) is 6.44. The number of hydroxylamine groups is 1. The molecule has 6 heteroatoms. The first kappa shape index (κ1) is 13.9. The third kappa shape index (κ3) is 4.32. The first-order chi connectivity index (χ1) is 8.04. The van der Waals surface area contributed by atoms with E-state index in [0.29, 0.717) is 23.0 Å². The quantitative estimate of drug-likeness (QED) is 0.367. The summed E-state index contributed by atoms with van der Waals surface area (Å²) in [7, 11) is 1.42. The topological polar surface area (TPSA) is 85.4 Å². The van der Waals surface area contributed by atoms with E-state index in [9.17, 15) is 5.21 Å². The number of hydrogen-bond acceptors (Lipinski definition) is 5. The molecule has 3 N–H and O–H groups in total. The number of nitrogens with two attached hydrogens (primary N) is 1. The maximum atomic E-state index is 11.3. The van der Waals surface area contributed by atoms with Gasteiger partial charge in [0.25, 0.3) is 0 Å². The van der Waals surface area contributed by atoms with Crippen molar-refractivity contribution in [3.63, 3.8) is 0 Å². The van der Waals surface area contributed by atoms with E-state index >= 15 is 0 Å². The van der Waals surface area contributed by atoms with Gasteiger partial charge in [-0.05, 0) is 24.1 Å². The highest BCUT2D eigenvalue weighted by Crippen LogP contribution is 2.25. The van der Waals surface area contributed by atoms with E-state index in [1.165, 1.54) is 7.11 Å². The number of ether oxygens (including phenoxy) is 1. The molecule has 5 nitrogen and oxygen atoms in total. The van der Waals surface area contributed by atoms with Crippen LogP contribution in [0.4, 0.5) is 0 Å². The Morgan fingerprint density at radius 3 is 2.88 bits per heavy atom. The molecule has 1 atom stereocenters. The fraction of sp³-hybridized carbons (Fsp3) is 0.364. The van der Waals surface area contributed by atoms with Crippen LogP contribution in [0.1, 0.15) is 24.4 Å². The van der Waals surface area contributed by atoms with Crippen molar-refractivity contribution in [3.05, 3.63) is 40.1 Å². The molecule has 0 aliphatic carbocycles. The number of hydrogen-bond donors (Lipinski definition) is 2. The fourth-order valence-electron chi connectivity index (χ4n) is 1.52. The molecule has 0 saturated carbocycles. The monoisotopic (exact) mass is 256 g/mol. The SMILES string of the molecule is COC(=N)CCC(c1cccc(Cl)c1)N(N)[O-]. The molecule has 0 saturated heterocycles. The minimum absolute atomic E-state index is 0.124. The van der Waals surface area contributed by atoms with Gasteiger partial charge in [-0.3, -0.25) is 11.3 Å². The Labute approximate surface area is 105 Å². The number of methoxy groups -OCH3 is 1. The summed E-state index contributed by atoms with van der Waals surface area (Å²) in [5.41, 5.74) is 0.735. The minimum atomic E-state index is -0.524. The van der Waals surface area contributed by atoms with Crippen LogP contribution in [0.2, 0.25) is 5.02 Å². The van der Waals surface area contributed by atoms with Gasteiger partial charge in [-0.25, -0.2) is 0 Å². The van der Waals surface area contributed by atoms with Crippen molar-refractivity contribution in [3.8, 4) is 0 Å². The lowest BCUT2D eigenvalue weighted by atomic mass is 10.0. The van der Waals surface area contributed by atoms with E-state index in [4.69, 9.17) is 27.6 Å². The summed E-state index contributed by atoms with van der Waals surface area (Å²) in [4.78, 5) is 0. The lowest BCUT2D eigenvalue weighted by Gasteiger charge is -2.32. The molecule has 0 aliphatic rings. The summed E-state index contributed by atoms with van der Waals surface area (Å²) >= 11 is 5.86. The molecule has 0 radical (unpaired) electrons. The molecule has 0 heterocycles. The molecule has 0 fully saturated rings. The fourth-order valence-corrected chi connectivity index (χ4v) is 1.72. The summed E-state index contributed by atoms with van der Waals surface area (Å²) in [6.45, 7) is 0. The van der Waals surface area contributed by atoms with Gasteiger partial charge in [-0.2, -0.15) is 0 Å². The molecular formula is C11H15ClN3O2-. The maximum Gasteiger partial charge on any atom is 0.180 e. The second-order valence-corrected chi connectivity index (χ2v) is 4.03. The standard InChI is InChI=1S/C11H15ClN3O2/c1-17-11(13)6-5-10(15(14)16)8-3-2-4-9(12)7-8/h2-4,7,10,13H,5-6,14H2,1H3/q-1. The molecule has 17 heavy (non-hydrogen) atoms. The average molecular weight is 257 g/mol. The van der Waals surface area contributed by atoms with E-state index in [-0.39, 0.29) is 5.90 Å². The van der Waals surface area contributed by atoms with E-state index < -0.39 is 6.04 Å². The molecule has 0 amide bonds. The first-order valence-electron chi connectivity index (χ1n) is 5.12. The van der Waals surface area contributed by atoms with Crippen LogP contribution in [0.5, 0.6) is 0 Å². The lowest BCUT2D eigenvalue weighted by molar-refractivity contribution is 0.272. The summed E-state index contributed by atoms with van der Waals surface area (Å²) < 4.78 is 4.74. The van der Waals surface area contributed by atoms with Crippen molar-refractivity contribution in [2.24, 2.45) is 5.84 Å². The molecule has 0 aliphatic heterocycles. The normalized spacial score (nSPS) is 12.5. The van der Waals surface area contributed by atoms with Gasteiger partial charge in [0.2, 0.25) is 0 Å². The zero-order valence-electron chi connectivity index (χ0n) is 9.52. The highest BCUT2D eigenvalue weighted by atomic mass is 35.5. The zero-order chi connectivity index (χ0) is 12.8. The van der Waals surface area contributed by atoms with E-state index in [2.05, 4.69) is 0 Å². The molecule has 0 aromatic heterocycles. The van der Waals surface area contributed by atoms with Gasteiger partial charge in [0.1, 0.15) is 0 Å². The highest BCUT2D eigenvalue weighted by molar-refractivity contribution is 6.30. The molecule has 1 unspecified atom stereocenters. The van der Waals surface area contributed by atoms with Crippen LogP contribution in [0.3, 0.4) is 0 Å². The third-order valence-corrected chi connectivity index (χ3v) is 2.67. The van der Waals surface area contributed by atoms with Crippen LogP contribution < -0.4 is 5.84 Å². The van der Waals surface area contributed by atoms with Crippen molar-refractivity contribution in [2.45, 2.75) is 18.9 Å². The Morgan fingerprint density at radius 2 is 2.35 bits per heavy atom. The van der Waals surface area contributed by atoms with Crippen LogP contribution in [-0.4, -0.2) is 18.2 Å². The van der Waals surface area contributed by atoms with Gasteiger partial charge in [0.15, 0.2) is 5.90 Å². The Balaban J connectivity index is 2.75. The van der Waals surface area contributed by atoms with Gasteiger partial charge in [0.05, 0.1) is 7.11 Å². The van der Waals surface area contributed by atoms with E-state index in [1.807, 2.05) is 0 Å². The largest absolute Gasteiger partial charge is 0.771 e. The van der Waals surface area contributed by atoms with Crippen molar-refractivity contribution in [1.29, 1.82) is 5.41 Å². The minimum Gasteiger partial charge on any atom is -0.771 e. The average Bonchev–Trinajstić information content (AvgIpc) is 2.28. The van der Waals surface area contributed by atoms with Gasteiger partial charge in [-0.15, -0.1) is 0 Å². The van der Waals surface area contributed by atoms with Gasteiger partial charge >= 0.3 is 0 Å². The highest BCUT2D eigenvalue weighted by Gasteiger charge is 2.13. The number of nitrogens with zero attached hydrogens (tertiary/aromatic N) is 1. The maximum absolute atomic E-state index is 11.3. The van der Waals surface area contributed by atoms with Crippen LogP contribution in [0, 0.1) is 10.6 Å². The van der Waals surface area contributed by atoms with E-state index in [1.54, 1.807) is 24.3 Å². The van der Waals surface area contributed by atoms with Crippen molar-refractivity contribution in [2.75, 3.05) is 7.11 Å². The number of halogens is 1. The van der Waals surface area contributed by atoms with Crippen LogP contribution >= 0.6 is 11.6 Å². The second kappa shape index (κ2) is 6.56. The van der Waals surface area contributed by atoms with E-state index in [0.717, 1.165) is 5.56 Å². The third-order valence-electron chi connectivity index (χ3n) is 2.43. The molecule has 94 valence electrons. The van der Waals surface area contributed by atoms with Crippen molar-refractivity contribution >= 4 is 17.5 Å². The predicted molar refractivity (Wildman–Crippen MR) is 67.6 cm³/mol. The molecule has 0 spiro atoms. The number of hydrazine groups is 1. The number of benzene rings is 1. The zero-order valence-corrected chi connectivity index (χ0v) is 10.3. The summed E-state index contributed by atoms with van der Waals surface area (Å²) in [5.74, 6) is 5.39. The number of nitrogens with one attached hydrogen (secondary N) is 1. The summed E-state index contributed by atoms with van der Waals surface area (Å²) in [5, 5.41) is 19.6. The molecular weight excluding hydrogens is 242 g/mol. The van der Waals surface area contributed by atoms with Crippen molar-refractivity contribution < 1.29 is 4.74 Å². The first-order valence-corrected chi connectivity index (χ1v) is 5.50. The Hall–Kier alpha value is -1.14. The Kier molecular flexibility index (Phi) is 5.37. The Bertz CT molecular complexity index is 385. The van der Waals surface area contributed by atoms with Gasteiger partial charge in [0, 0.05) is 17.5 Å². The predicted octanol–water partition coefficient (Wildman–Crippen LogP) is 2.46.